The zero-order chi connectivity index (χ0) is 18.8. The minimum Gasteiger partial charge on any atom is -0.494 e. The highest BCUT2D eigenvalue weighted by Crippen LogP contribution is 2.16. The molecule has 0 aliphatic carbocycles. The van der Waals surface area contributed by atoms with Crippen molar-refractivity contribution in [3.8, 4) is 5.75 Å². The second kappa shape index (κ2) is 10.1. The Hall–Kier alpha value is -3.02. The molecule has 138 valence electrons. The van der Waals surface area contributed by atoms with Crippen LogP contribution < -0.4 is 15.4 Å². The fourth-order valence-corrected chi connectivity index (χ4v) is 2.20. The van der Waals surface area contributed by atoms with Crippen LogP contribution in [0.5, 0.6) is 5.75 Å². The number of hydrogen-bond acceptors (Lipinski definition) is 5. The Bertz CT molecular complexity index is 712. The number of amides is 1. The maximum atomic E-state index is 12.0. The molecule has 6 heteroatoms. The lowest BCUT2D eigenvalue weighted by atomic mass is 10.2. The van der Waals surface area contributed by atoms with Gasteiger partial charge in [-0.05, 0) is 55.0 Å². The minimum atomic E-state index is -0.392. The molecular formula is C20H24N2O4. The van der Waals surface area contributed by atoms with Gasteiger partial charge in [0, 0.05) is 11.4 Å². The average Bonchev–Trinajstić information content (AvgIpc) is 2.68. The van der Waals surface area contributed by atoms with Crippen molar-refractivity contribution in [1.82, 2.24) is 0 Å². The van der Waals surface area contributed by atoms with Crippen LogP contribution in [0.3, 0.4) is 0 Å². The van der Waals surface area contributed by atoms with E-state index in [-0.39, 0.29) is 12.5 Å². The van der Waals surface area contributed by atoms with Gasteiger partial charge in [0.2, 0.25) is 5.91 Å². The Morgan fingerprint density at radius 1 is 0.962 bits per heavy atom. The van der Waals surface area contributed by atoms with E-state index >= 15 is 0 Å². The SMILES string of the molecule is CCCCOc1ccc(NC(=O)CNc2ccc(C(=O)OC)cc2)cc1. The molecule has 0 heterocycles. The summed E-state index contributed by atoms with van der Waals surface area (Å²) in [4.78, 5) is 23.4. The molecule has 0 radical (unpaired) electrons. The number of hydrogen-bond donors (Lipinski definition) is 2. The Labute approximate surface area is 153 Å². The van der Waals surface area contributed by atoms with Crippen molar-refractivity contribution in [1.29, 1.82) is 0 Å². The van der Waals surface area contributed by atoms with Crippen LogP contribution in [0.2, 0.25) is 0 Å². The largest absolute Gasteiger partial charge is 0.494 e. The second-order valence-electron chi connectivity index (χ2n) is 5.70. The van der Waals surface area contributed by atoms with Gasteiger partial charge in [-0.2, -0.15) is 0 Å². The normalized spacial score (nSPS) is 10.1. The number of nitrogens with one attached hydrogen (secondary N) is 2. The van der Waals surface area contributed by atoms with E-state index in [1.165, 1.54) is 7.11 Å². The summed E-state index contributed by atoms with van der Waals surface area (Å²) in [5.41, 5.74) is 1.91. The van der Waals surface area contributed by atoms with Crippen molar-refractivity contribution in [3.05, 3.63) is 54.1 Å². The smallest absolute Gasteiger partial charge is 0.337 e. The summed E-state index contributed by atoms with van der Waals surface area (Å²) in [7, 11) is 1.34. The van der Waals surface area contributed by atoms with Crippen molar-refractivity contribution < 1.29 is 19.1 Å². The Balaban J connectivity index is 1.78. The maximum absolute atomic E-state index is 12.0. The van der Waals surface area contributed by atoms with E-state index in [1.54, 1.807) is 24.3 Å². The van der Waals surface area contributed by atoms with Gasteiger partial charge in [-0.1, -0.05) is 13.3 Å². The third-order valence-electron chi connectivity index (χ3n) is 3.66. The molecule has 0 fully saturated rings. The highest BCUT2D eigenvalue weighted by atomic mass is 16.5. The van der Waals surface area contributed by atoms with Crippen LogP contribution in [-0.2, 0) is 9.53 Å². The fourth-order valence-electron chi connectivity index (χ4n) is 2.20. The molecule has 1 amide bonds. The standard InChI is InChI=1S/C20H24N2O4/c1-3-4-13-26-18-11-9-17(10-12-18)22-19(23)14-21-16-7-5-15(6-8-16)20(24)25-2/h5-12,21H,3-4,13-14H2,1-2H3,(H,22,23). The van der Waals surface area contributed by atoms with Crippen LogP contribution in [-0.4, -0.2) is 32.1 Å². The van der Waals surface area contributed by atoms with Gasteiger partial charge < -0.3 is 20.1 Å². The predicted octanol–water partition coefficient (Wildman–Crippen LogP) is 3.70. The van der Waals surface area contributed by atoms with E-state index < -0.39 is 5.97 Å². The second-order valence-corrected chi connectivity index (χ2v) is 5.70. The molecule has 2 aromatic carbocycles. The number of carbonyl (C=O) groups excluding carboxylic acids is 2. The molecule has 2 N–H and O–H groups in total. The summed E-state index contributed by atoms with van der Waals surface area (Å²) < 4.78 is 10.2. The first-order chi connectivity index (χ1) is 12.6. The van der Waals surface area contributed by atoms with Gasteiger partial charge in [-0.3, -0.25) is 4.79 Å². The maximum Gasteiger partial charge on any atom is 0.337 e. The van der Waals surface area contributed by atoms with Crippen molar-refractivity contribution in [3.63, 3.8) is 0 Å². The van der Waals surface area contributed by atoms with Gasteiger partial charge in [-0.25, -0.2) is 4.79 Å². The number of carbonyl (C=O) groups is 2. The predicted molar refractivity (Wildman–Crippen MR) is 102 cm³/mol. The molecular weight excluding hydrogens is 332 g/mol. The highest BCUT2D eigenvalue weighted by molar-refractivity contribution is 5.94. The summed E-state index contributed by atoms with van der Waals surface area (Å²) >= 11 is 0. The molecule has 0 saturated heterocycles. The molecule has 0 saturated carbocycles. The van der Waals surface area contributed by atoms with Crippen LogP contribution in [0, 0.1) is 0 Å². The van der Waals surface area contributed by atoms with E-state index in [2.05, 4.69) is 22.3 Å². The first-order valence-electron chi connectivity index (χ1n) is 8.57. The van der Waals surface area contributed by atoms with E-state index in [4.69, 9.17) is 4.74 Å². The van der Waals surface area contributed by atoms with Crippen LogP contribution in [0.1, 0.15) is 30.1 Å². The molecule has 0 bridgehead atoms. The third kappa shape index (κ3) is 6.12. The van der Waals surface area contributed by atoms with Crippen LogP contribution in [0.25, 0.3) is 0 Å². The molecule has 0 aliphatic rings. The Morgan fingerprint density at radius 2 is 1.62 bits per heavy atom. The summed E-state index contributed by atoms with van der Waals surface area (Å²) in [6, 6.07) is 14.0. The molecule has 6 nitrogen and oxygen atoms in total. The number of ether oxygens (including phenoxy) is 2. The van der Waals surface area contributed by atoms with E-state index in [0.29, 0.717) is 17.9 Å². The lowest BCUT2D eigenvalue weighted by Crippen LogP contribution is -2.21. The van der Waals surface area contributed by atoms with Crippen LogP contribution in [0.15, 0.2) is 48.5 Å². The Morgan fingerprint density at radius 3 is 2.23 bits per heavy atom. The molecule has 0 aliphatic heterocycles. The monoisotopic (exact) mass is 356 g/mol. The van der Waals surface area contributed by atoms with Crippen molar-refractivity contribution >= 4 is 23.3 Å². The van der Waals surface area contributed by atoms with Crippen molar-refractivity contribution in [2.45, 2.75) is 19.8 Å². The van der Waals surface area contributed by atoms with Gasteiger partial charge in [0.05, 0.1) is 25.8 Å². The van der Waals surface area contributed by atoms with Crippen LogP contribution >= 0.6 is 0 Å². The van der Waals surface area contributed by atoms with E-state index in [1.807, 2.05) is 24.3 Å². The van der Waals surface area contributed by atoms with Crippen molar-refractivity contribution in [2.75, 3.05) is 30.9 Å². The number of esters is 1. The first kappa shape index (κ1) is 19.3. The minimum absolute atomic E-state index is 0.117. The van der Waals surface area contributed by atoms with Crippen molar-refractivity contribution in [2.24, 2.45) is 0 Å². The lowest BCUT2D eigenvalue weighted by Gasteiger charge is -2.09. The summed E-state index contributed by atoms with van der Waals surface area (Å²) in [6.07, 6.45) is 2.11. The topological polar surface area (TPSA) is 76.7 Å². The summed E-state index contributed by atoms with van der Waals surface area (Å²) in [6.45, 7) is 2.93. The van der Waals surface area contributed by atoms with Crippen LogP contribution in [0.4, 0.5) is 11.4 Å². The molecule has 2 rings (SSSR count). The van der Waals surface area contributed by atoms with Gasteiger partial charge >= 0.3 is 5.97 Å². The number of methoxy groups -OCH3 is 1. The highest BCUT2D eigenvalue weighted by Gasteiger charge is 2.06. The summed E-state index contributed by atoms with van der Waals surface area (Å²) in [5.74, 6) is 0.235. The van der Waals surface area contributed by atoms with E-state index in [0.717, 1.165) is 24.3 Å². The average molecular weight is 356 g/mol. The molecule has 0 aromatic heterocycles. The first-order valence-corrected chi connectivity index (χ1v) is 8.57. The molecule has 0 spiro atoms. The molecule has 2 aromatic rings. The quantitative estimate of drug-likeness (QED) is 0.529. The number of rotatable bonds is 9. The summed E-state index contributed by atoms with van der Waals surface area (Å²) in [5, 5.41) is 5.82. The lowest BCUT2D eigenvalue weighted by molar-refractivity contribution is -0.114. The van der Waals surface area contributed by atoms with Gasteiger partial charge in [-0.15, -0.1) is 0 Å². The van der Waals surface area contributed by atoms with Gasteiger partial charge in [0.25, 0.3) is 0 Å². The van der Waals surface area contributed by atoms with Gasteiger partial charge in [0.1, 0.15) is 5.75 Å². The zero-order valence-electron chi connectivity index (χ0n) is 15.1. The molecule has 0 unspecified atom stereocenters. The number of unbranched alkanes of at least 4 members (excludes halogenated alkanes) is 1. The third-order valence-corrected chi connectivity index (χ3v) is 3.66. The Kier molecular flexibility index (Phi) is 7.49. The fraction of sp³-hybridized carbons (Fsp3) is 0.300. The zero-order valence-corrected chi connectivity index (χ0v) is 15.1. The number of anilines is 2. The number of benzene rings is 2. The molecule has 26 heavy (non-hydrogen) atoms. The van der Waals surface area contributed by atoms with Gasteiger partial charge in [0.15, 0.2) is 0 Å². The molecule has 0 atom stereocenters. The van der Waals surface area contributed by atoms with E-state index in [9.17, 15) is 9.59 Å².